The SMILES string of the molecule is CCNC(=NCc1ccn[nH]1)NCCCn1nc(C)cc1C. The second-order valence-electron chi connectivity index (χ2n) is 5.21. The van der Waals surface area contributed by atoms with Crippen LogP contribution in [0.1, 0.15) is 30.4 Å². The van der Waals surface area contributed by atoms with Crippen molar-refractivity contribution in [2.24, 2.45) is 4.99 Å². The van der Waals surface area contributed by atoms with Crippen molar-refractivity contribution in [2.45, 2.75) is 40.3 Å². The van der Waals surface area contributed by atoms with Crippen molar-refractivity contribution in [1.82, 2.24) is 30.6 Å². The molecule has 22 heavy (non-hydrogen) atoms. The van der Waals surface area contributed by atoms with Crippen molar-refractivity contribution >= 4 is 5.96 Å². The number of nitrogens with one attached hydrogen (secondary N) is 3. The first kappa shape index (κ1) is 16.1. The Balaban J connectivity index is 1.76. The summed E-state index contributed by atoms with van der Waals surface area (Å²) in [6, 6.07) is 4.03. The maximum Gasteiger partial charge on any atom is 0.191 e. The van der Waals surface area contributed by atoms with Crippen molar-refractivity contribution in [1.29, 1.82) is 0 Å². The molecule has 0 unspecified atom stereocenters. The van der Waals surface area contributed by atoms with Gasteiger partial charge in [0.15, 0.2) is 5.96 Å². The third-order valence-corrected chi connectivity index (χ3v) is 3.25. The molecule has 0 fully saturated rings. The van der Waals surface area contributed by atoms with E-state index in [9.17, 15) is 0 Å². The largest absolute Gasteiger partial charge is 0.357 e. The number of aryl methyl sites for hydroxylation is 3. The average molecular weight is 303 g/mol. The molecule has 0 saturated carbocycles. The first-order chi connectivity index (χ1) is 10.7. The summed E-state index contributed by atoms with van der Waals surface area (Å²) in [5.74, 6) is 0.825. The van der Waals surface area contributed by atoms with E-state index in [1.54, 1.807) is 6.20 Å². The summed E-state index contributed by atoms with van der Waals surface area (Å²) in [6.07, 6.45) is 2.73. The monoisotopic (exact) mass is 303 g/mol. The van der Waals surface area contributed by atoms with Gasteiger partial charge in [-0.3, -0.25) is 9.78 Å². The molecule has 3 N–H and O–H groups in total. The second kappa shape index (κ2) is 8.21. The minimum absolute atomic E-state index is 0.590. The van der Waals surface area contributed by atoms with Crippen LogP contribution in [0.5, 0.6) is 0 Å². The third-order valence-electron chi connectivity index (χ3n) is 3.25. The summed E-state index contributed by atoms with van der Waals surface area (Å²) >= 11 is 0. The van der Waals surface area contributed by atoms with E-state index in [1.807, 2.05) is 17.7 Å². The molecule has 0 atom stereocenters. The van der Waals surface area contributed by atoms with Crippen molar-refractivity contribution in [2.75, 3.05) is 13.1 Å². The van der Waals surface area contributed by atoms with E-state index in [0.717, 1.165) is 43.4 Å². The summed E-state index contributed by atoms with van der Waals surface area (Å²) in [5.41, 5.74) is 3.28. The number of rotatable bonds is 7. The van der Waals surface area contributed by atoms with Crippen LogP contribution in [0.15, 0.2) is 23.3 Å². The molecular formula is C15H25N7. The molecule has 0 spiro atoms. The predicted octanol–water partition coefficient (Wildman–Crippen LogP) is 1.37. The number of hydrogen-bond donors (Lipinski definition) is 3. The van der Waals surface area contributed by atoms with Gasteiger partial charge in [-0.1, -0.05) is 0 Å². The van der Waals surface area contributed by atoms with E-state index in [-0.39, 0.29) is 0 Å². The lowest BCUT2D eigenvalue weighted by molar-refractivity contribution is 0.555. The van der Waals surface area contributed by atoms with Crippen LogP contribution in [0.25, 0.3) is 0 Å². The highest BCUT2D eigenvalue weighted by Crippen LogP contribution is 2.02. The fourth-order valence-electron chi connectivity index (χ4n) is 2.22. The summed E-state index contributed by atoms with van der Waals surface area (Å²) in [4.78, 5) is 4.52. The molecular weight excluding hydrogens is 278 g/mol. The first-order valence-corrected chi connectivity index (χ1v) is 7.70. The molecule has 2 heterocycles. The molecule has 0 aliphatic carbocycles. The second-order valence-corrected chi connectivity index (χ2v) is 5.21. The summed E-state index contributed by atoms with van der Waals surface area (Å²) < 4.78 is 2.05. The van der Waals surface area contributed by atoms with E-state index < -0.39 is 0 Å². The normalized spacial score (nSPS) is 11.7. The fraction of sp³-hybridized carbons (Fsp3) is 0.533. The maximum atomic E-state index is 4.52. The highest BCUT2D eigenvalue weighted by molar-refractivity contribution is 5.79. The molecule has 0 saturated heterocycles. The fourth-order valence-corrected chi connectivity index (χ4v) is 2.22. The van der Waals surface area contributed by atoms with Gasteiger partial charge in [-0.05, 0) is 39.3 Å². The standard InChI is InChI=1S/C15H25N7/c1-4-16-15(18-11-14-6-8-19-20-14)17-7-5-9-22-13(3)10-12(2)21-22/h6,8,10H,4-5,7,9,11H2,1-3H3,(H,19,20)(H2,16,17,18). The number of aromatic amines is 1. The topological polar surface area (TPSA) is 82.9 Å². The van der Waals surface area contributed by atoms with Crippen LogP contribution in [0.3, 0.4) is 0 Å². The van der Waals surface area contributed by atoms with Crippen LogP contribution in [-0.4, -0.2) is 39.0 Å². The van der Waals surface area contributed by atoms with Crippen molar-refractivity contribution in [3.8, 4) is 0 Å². The van der Waals surface area contributed by atoms with E-state index in [2.05, 4.69) is 50.8 Å². The molecule has 0 aliphatic rings. The lowest BCUT2D eigenvalue weighted by Gasteiger charge is -2.11. The quantitative estimate of drug-likeness (QED) is 0.410. The van der Waals surface area contributed by atoms with Gasteiger partial charge in [0.1, 0.15) is 0 Å². The zero-order valence-electron chi connectivity index (χ0n) is 13.6. The molecule has 0 aliphatic heterocycles. The van der Waals surface area contributed by atoms with Crippen molar-refractivity contribution in [3.05, 3.63) is 35.4 Å². The molecule has 7 heteroatoms. The van der Waals surface area contributed by atoms with Gasteiger partial charge in [0.25, 0.3) is 0 Å². The van der Waals surface area contributed by atoms with Gasteiger partial charge in [0.05, 0.1) is 17.9 Å². The van der Waals surface area contributed by atoms with Crippen LogP contribution >= 0.6 is 0 Å². The number of hydrogen-bond acceptors (Lipinski definition) is 3. The minimum atomic E-state index is 0.590. The van der Waals surface area contributed by atoms with Gasteiger partial charge >= 0.3 is 0 Å². The van der Waals surface area contributed by atoms with Crippen molar-refractivity contribution in [3.63, 3.8) is 0 Å². The Morgan fingerprint density at radius 3 is 2.86 bits per heavy atom. The number of nitrogens with zero attached hydrogens (tertiary/aromatic N) is 4. The van der Waals surface area contributed by atoms with Gasteiger partial charge < -0.3 is 10.6 Å². The molecule has 2 aromatic rings. The number of aliphatic imine (C=N–C) groups is 1. The molecule has 7 nitrogen and oxygen atoms in total. The van der Waals surface area contributed by atoms with E-state index in [4.69, 9.17) is 0 Å². The summed E-state index contributed by atoms with van der Waals surface area (Å²) in [5, 5.41) is 17.9. The molecule has 2 aromatic heterocycles. The summed E-state index contributed by atoms with van der Waals surface area (Å²) in [7, 11) is 0. The van der Waals surface area contributed by atoms with E-state index >= 15 is 0 Å². The Labute approximate surface area is 131 Å². The Morgan fingerprint density at radius 2 is 2.23 bits per heavy atom. The number of H-pyrrole nitrogens is 1. The van der Waals surface area contributed by atoms with Gasteiger partial charge in [0, 0.05) is 31.5 Å². The number of guanidine groups is 1. The van der Waals surface area contributed by atoms with E-state index in [0.29, 0.717) is 6.54 Å². The van der Waals surface area contributed by atoms with Gasteiger partial charge in [-0.15, -0.1) is 0 Å². The van der Waals surface area contributed by atoms with Crippen LogP contribution in [0, 0.1) is 13.8 Å². The third kappa shape index (κ3) is 4.91. The maximum absolute atomic E-state index is 4.52. The Bertz CT molecular complexity index is 583. The predicted molar refractivity (Wildman–Crippen MR) is 87.7 cm³/mol. The Hall–Kier alpha value is -2.31. The smallest absolute Gasteiger partial charge is 0.191 e. The van der Waals surface area contributed by atoms with Crippen molar-refractivity contribution < 1.29 is 0 Å². The Morgan fingerprint density at radius 1 is 1.36 bits per heavy atom. The molecule has 0 amide bonds. The van der Waals surface area contributed by atoms with Crippen LogP contribution in [-0.2, 0) is 13.1 Å². The zero-order chi connectivity index (χ0) is 15.8. The molecule has 120 valence electrons. The average Bonchev–Trinajstić information content (AvgIpc) is 3.10. The zero-order valence-corrected chi connectivity index (χ0v) is 13.6. The van der Waals surface area contributed by atoms with E-state index in [1.165, 1.54) is 5.69 Å². The highest BCUT2D eigenvalue weighted by atomic mass is 15.3. The highest BCUT2D eigenvalue weighted by Gasteiger charge is 2.01. The minimum Gasteiger partial charge on any atom is -0.357 e. The molecule has 0 radical (unpaired) electrons. The van der Waals surface area contributed by atoms with Crippen LogP contribution in [0.4, 0.5) is 0 Å². The van der Waals surface area contributed by atoms with Gasteiger partial charge in [-0.25, -0.2) is 4.99 Å². The Kier molecular flexibility index (Phi) is 6.00. The molecule has 0 bridgehead atoms. The van der Waals surface area contributed by atoms with Crippen LogP contribution in [0.2, 0.25) is 0 Å². The molecule has 0 aromatic carbocycles. The summed E-state index contributed by atoms with van der Waals surface area (Å²) in [6.45, 7) is 9.36. The molecule has 2 rings (SSSR count). The van der Waals surface area contributed by atoms with Gasteiger partial charge in [0.2, 0.25) is 0 Å². The van der Waals surface area contributed by atoms with Gasteiger partial charge in [-0.2, -0.15) is 10.2 Å². The first-order valence-electron chi connectivity index (χ1n) is 7.70. The number of aromatic nitrogens is 4. The van der Waals surface area contributed by atoms with Crippen LogP contribution < -0.4 is 10.6 Å². The lowest BCUT2D eigenvalue weighted by Crippen LogP contribution is -2.38. The lowest BCUT2D eigenvalue weighted by atomic mass is 10.4.